The molecular formula is C18H24N2O3. The van der Waals surface area contributed by atoms with Gasteiger partial charge in [0, 0.05) is 32.0 Å². The Morgan fingerprint density at radius 1 is 1.30 bits per heavy atom. The zero-order chi connectivity index (χ0) is 16.4. The van der Waals surface area contributed by atoms with Gasteiger partial charge >= 0.3 is 0 Å². The first-order chi connectivity index (χ1) is 11.1. The first kappa shape index (κ1) is 16.0. The van der Waals surface area contributed by atoms with Gasteiger partial charge in [0.25, 0.3) is 0 Å². The molecule has 0 aliphatic carbocycles. The molecule has 1 aromatic heterocycles. The smallest absolute Gasteiger partial charge is 0.242 e. The minimum Gasteiger partial charge on any atom is -0.383 e. The third kappa shape index (κ3) is 3.12. The summed E-state index contributed by atoms with van der Waals surface area (Å²) < 4.78 is 12.8. The molecule has 0 saturated carbocycles. The second-order valence-electron chi connectivity index (χ2n) is 6.18. The van der Waals surface area contributed by atoms with E-state index in [9.17, 15) is 4.79 Å². The molecule has 0 spiro atoms. The summed E-state index contributed by atoms with van der Waals surface area (Å²) in [6.45, 7) is 3.59. The van der Waals surface area contributed by atoms with Crippen molar-refractivity contribution in [2.75, 3.05) is 27.4 Å². The fraction of sp³-hybridized carbons (Fsp3) is 0.500. The molecule has 5 heteroatoms. The number of nitrogens with zero attached hydrogens (tertiary/aromatic N) is 2. The van der Waals surface area contributed by atoms with Crippen molar-refractivity contribution in [3.8, 4) is 0 Å². The number of rotatable bonds is 5. The normalized spacial score (nSPS) is 21.3. The fourth-order valence-electron chi connectivity index (χ4n) is 3.48. The molecule has 1 aliphatic rings. The number of hydrogen-bond donors (Lipinski definition) is 0. The number of methoxy groups -OCH3 is 2. The summed E-state index contributed by atoms with van der Waals surface area (Å²) in [5, 5.41) is 1.17. The quantitative estimate of drug-likeness (QED) is 0.849. The molecule has 124 valence electrons. The van der Waals surface area contributed by atoms with Crippen molar-refractivity contribution in [3.05, 3.63) is 36.0 Å². The molecule has 0 bridgehead atoms. The van der Waals surface area contributed by atoms with Gasteiger partial charge in [0.2, 0.25) is 5.91 Å². The highest BCUT2D eigenvalue weighted by atomic mass is 16.5. The van der Waals surface area contributed by atoms with Crippen LogP contribution in [-0.4, -0.2) is 54.9 Å². The molecule has 0 radical (unpaired) electrons. The van der Waals surface area contributed by atoms with Crippen LogP contribution in [0.3, 0.4) is 0 Å². The van der Waals surface area contributed by atoms with Gasteiger partial charge in [-0.1, -0.05) is 18.2 Å². The van der Waals surface area contributed by atoms with Crippen molar-refractivity contribution in [1.29, 1.82) is 0 Å². The number of aryl methyl sites for hydroxylation is 1. The van der Waals surface area contributed by atoms with Crippen molar-refractivity contribution >= 4 is 16.8 Å². The number of aromatic nitrogens is 1. The van der Waals surface area contributed by atoms with Gasteiger partial charge < -0.3 is 18.9 Å². The summed E-state index contributed by atoms with van der Waals surface area (Å²) in [6.07, 6.45) is 0.934. The maximum Gasteiger partial charge on any atom is 0.242 e. The van der Waals surface area contributed by atoms with Gasteiger partial charge in [-0.25, -0.2) is 0 Å². The van der Waals surface area contributed by atoms with E-state index in [1.54, 1.807) is 14.2 Å². The van der Waals surface area contributed by atoms with E-state index >= 15 is 0 Å². The van der Waals surface area contributed by atoms with Gasteiger partial charge in [-0.05, 0) is 30.9 Å². The Hall–Kier alpha value is -1.85. The number of benzene rings is 1. The van der Waals surface area contributed by atoms with Crippen molar-refractivity contribution in [1.82, 2.24) is 9.47 Å². The lowest BCUT2D eigenvalue weighted by molar-refractivity contribution is -0.133. The first-order valence-corrected chi connectivity index (χ1v) is 8.00. The van der Waals surface area contributed by atoms with E-state index in [1.165, 1.54) is 5.39 Å². The number of para-hydroxylation sites is 1. The summed E-state index contributed by atoms with van der Waals surface area (Å²) in [6, 6.07) is 10.4. The fourth-order valence-corrected chi connectivity index (χ4v) is 3.48. The highest BCUT2D eigenvalue weighted by molar-refractivity contribution is 5.84. The van der Waals surface area contributed by atoms with Crippen molar-refractivity contribution in [2.24, 2.45) is 0 Å². The van der Waals surface area contributed by atoms with E-state index in [1.807, 2.05) is 24.0 Å². The van der Waals surface area contributed by atoms with E-state index in [2.05, 4.69) is 22.8 Å². The van der Waals surface area contributed by atoms with Crippen LogP contribution in [0.5, 0.6) is 0 Å². The van der Waals surface area contributed by atoms with Crippen LogP contribution in [0, 0.1) is 6.92 Å². The molecule has 0 N–H and O–H groups in total. The van der Waals surface area contributed by atoms with Gasteiger partial charge in [-0.15, -0.1) is 0 Å². The summed E-state index contributed by atoms with van der Waals surface area (Å²) in [7, 11) is 3.37. The predicted octanol–water partition coefficient (Wildman–Crippen LogP) is 2.21. The Morgan fingerprint density at radius 2 is 2.09 bits per heavy atom. The van der Waals surface area contributed by atoms with E-state index in [0.717, 1.165) is 17.6 Å². The summed E-state index contributed by atoms with van der Waals surface area (Å²) >= 11 is 0. The van der Waals surface area contributed by atoms with E-state index in [4.69, 9.17) is 9.47 Å². The minimum absolute atomic E-state index is 0.0968. The standard InChI is InChI=1S/C18H24N2O3/c1-13-8-14-6-4-5-7-17(14)19(13)11-18(21)20-10-16(23-3)9-15(20)12-22-2/h4-8,15-16H,9-12H2,1-3H3/t15-,16-/m0/s1. The van der Waals surface area contributed by atoms with Gasteiger partial charge in [0.15, 0.2) is 0 Å². The van der Waals surface area contributed by atoms with Gasteiger partial charge in [0.1, 0.15) is 6.54 Å². The lowest BCUT2D eigenvalue weighted by Crippen LogP contribution is -2.40. The lowest BCUT2D eigenvalue weighted by Gasteiger charge is -2.24. The number of hydrogen-bond acceptors (Lipinski definition) is 3. The highest BCUT2D eigenvalue weighted by Gasteiger charge is 2.35. The summed E-state index contributed by atoms with van der Waals surface area (Å²) in [5.74, 6) is 0.121. The van der Waals surface area contributed by atoms with Crippen LogP contribution in [-0.2, 0) is 20.8 Å². The molecule has 2 atom stereocenters. The number of amides is 1. The van der Waals surface area contributed by atoms with Crippen LogP contribution < -0.4 is 0 Å². The van der Waals surface area contributed by atoms with Crippen LogP contribution in [0.25, 0.3) is 10.9 Å². The highest BCUT2D eigenvalue weighted by Crippen LogP contribution is 2.23. The molecule has 3 rings (SSSR count). The molecule has 1 saturated heterocycles. The topological polar surface area (TPSA) is 43.7 Å². The average Bonchev–Trinajstić information content (AvgIpc) is 3.09. The maximum absolute atomic E-state index is 12.8. The third-order valence-electron chi connectivity index (χ3n) is 4.70. The van der Waals surface area contributed by atoms with Gasteiger partial charge in [-0.2, -0.15) is 0 Å². The Morgan fingerprint density at radius 3 is 2.83 bits per heavy atom. The van der Waals surface area contributed by atoms with Crippen LogP contribution in [0.15, 0.2) is 30.3 Å². The Bertz CT molecular complexity index is 695. The van der Waals surface area contributed by atoms with Crippen molar-refractivity contribution in [3.63, 3.8) is 0 Å². The van der Waals surface area contributed by atoms with E-state index < -0.39 is 0 Å². The summed E-state index contributed by atoms with van der Waals surface area (Å²) in [5.41, 5.74) is 2.20. The third-order valence-corrected chi connectivity index (χ3v) is 4.70. The molecule has 5 nitrogen and oxygen atoms in total. The minimum atomic E-state index is 0.0968. The van der Waals surface area contributed by atoms with E-state index in [-0.39, 0.29) is 18.1 Å². The average molecular weight is 316 g/mol. The number of ether oxygens (including phenoxy) is 2. The molecule has 0 unspecified atom stereocenters. The zero-order valence-corrected chi connectivity index (χ0v) is 14.0. The van der Waals surface area contributed by atoms with Crippen LogP contribution in [0.1, 0.15) is 12.1 Å². The monoisotopic (exact) mass is 316 g/mol. The number of carbonyl (C=O) groups is 1. The van der Waals surface area contributed by atoms with Crippen LogP contribution >= 0.6 is 0 Å². The van der Waals surface area contributed by atoms with Crippen molar-refractivity contribution in [2.45, 2.75) is 32.0 Å². The summed E-state index contributed by atoms with van der Waals surface area (Å²) in [4.78, 5) is 14.8. The molecular weight excluding hydrogens is 292 g/mol. The number of likely N-dealkylation sites (tertiary alicyclic amines) is 1. The zero-order valence-electron chi connectivity index (χ0n) is 14.0. The van der Waals surface area contributed by atoms with E-state index in [0.29, 0.717) is 19.7 Å². The molecule has 1 fully saturated rings. The Kier molecular flexibility index (Phi) is 4.68. The van der Waals surface area contributed by atoms with Gasteiger partial charge in [-0.3, -0.25) is 4.79 Å². The van der Waals surface area contributed by atoms with Crippen molar-refractivity contribution < 1.29 is 14.3 Å². The Balaban J connectivity index is 1.81. The molecule has 1 aromatic carbocycles. The second kappa shape index (κ2) is 6.72. The second-order valence-corrected chi connectivity index (χ2v) is 6.18. The lowest BCUT2D eigenvalue weighted by atomic mass is 10.2. The molecule has 2 aromatic rings. The predicted molar refractivity (Wildman–Crippen MR) is 89.5 cm³/mol. The molecule has 1 amide bonds. The van der Waals surface area contributed by atoms with Crippen LogP contribution in [0.2, 0.25) is 0 Å². The first-order valence-electron chi connectivity index (χ1n) is 8.00. The maximum atomic E-state index is 12.8. The molecule has 1 aliphatic heterocycles. The SMILES string of the molecule is COC[C@@H]1C[C@H](OC)CN1C(=O)Cn1c(C)cc2ccccc21. The molecule has 23 heavy (non-hydrogen) atoms. The Labute approximate surface area is 136 Å². The number of fused-ring (bicyclic) bond motifs is 1. The largest absolute Gasteiger partial charge is 0.383 e. The molecule has 2 heterocycles. The van der Waals surface area contributed by atoms with Gasteiger partial charge in [0.05, 0.1) is 18.8 Å². The van der Waals surface area contributed by atoms with Crippen LogP contribution in [0.4, 0.5) is 0 Å². The number of carbonyl (C=O) groups excluding carboxylic acids is 1.